The molecule has 1 amide bonds. The first-order valence-corrected chi connectivity index (χ1v) is 11.6. The molecule has 1 aliphatic rings. The van der Waals surface area contributed by atoms with E-state index >= 15 is 0 Å². The molecule has 27 heavy (non-hydrogen) atoms. The molecule has 138 valence electrons. The third-order valence-electron chi connectivity index (χ3n) is 5.20. The molecule has 2 heterocycles. The first-order valence-electron chi connectivity index (χ1n) is 9.02. The van der Waals surface area contributed by atoms with E-state index in [0.717, 1.165) is 32.6 Å². The molecule has 0 saturated carbocycles. The van der Waals surface area contributed by atoms with Crippen LogP contribution >= 0.6 is 32.9 Å². The largest absolute Gasteiger partial charge is 0.301 e. The zero-order valence-corrected chi connectivity index (χ0v) is 18.1. The van der Waals surface area contributed by atoms with E-state index in [1.807, 2.05) is 23.1 Å². The molecule has 0 N–H and O–H groups in total. The fourth-order valence-corrected chi connectivity index (χ4v) is 7.16. The van der Waals surface area contributed by atoms with Crippen LogP contribution in [0.5, 0.6) is 0 Å². The fourth-order valence-electron chi connectivity index (χ4n) is 3.88. The summed E-state index contributed by atoms with van der Waals surface area (Å²) in [6.07, 6.45) is 1.24. The van der Waals surface area contributed by atoms with Crippen LogP contribution in [0.4, 0.5) is 5.69 Å². The number of anilines is 1. The number of para-hydroxylation sites is 1. The van der Waals surface area contributed by atoms with E-state index in [2.05, 4.69) is 51.1 Å². The first kappa shape index (κ1) is 18.5. The predicted octanol–water partition coefficient (Wildman–Crippen LogP) is 6.73. The Labute approximate surface area is 172 Å². The van der Waals surface area contributed by atoms with Crippen molar-refractivity contribution in [2.75, 3.05) is 4.90 Å². The van der Waals surface area contributed by atoms with Crippen molar-refractivity contribution < 1.29 is 4.79 Å². The molecule has 2 nitrogen and oxygen atoms in total. The van der Waals surface area contributed by atoms with E-state index < -0.39 is 5.54 Å². The van der Waals surface area contributed by atoms with Gasteiger partial charge in [0.05, 0.1) is 16.1 Å². The van der Waals surface area contributed by atoms with E-state index in [1.54, 1.807) is 20.7 Å². The van der Waals surface area contributed by atoms with Gasteiger partial charge in [-0.05, 0) is 38.3 Å². The SMILES string of the molecule is Cc1cccc2c1N(C(=O)CCc1ccccc1)C(C)(C)c1ssc(=S)c1-2. The van der Waals surface area contributed by atoms with Gasteiger partial charge in [-0.15, -0.1) is 0 Å². The summed E-state index contributed by atoms with van der Waals surface area (Å²) in [4.78, 5) is 16.6. The molecular formula is C22H21NOS3. The number of carbonyl (C=O) groups excluding carboxylic acids is 1. The Kier molecular flexibility index (Phi) is 4.78. The average molecular weight is 412 g/mol. The molecule has 2 aromatic carbocycles. The minimum atomic E-state index is -0.402. The van der Waals surface area contributed by atoms with Crippen LogP contribution in [-0.2, 0) is 16.8 Å². The minimum Gasteiger partial charge on any atom is -0.301 e. The molecule has 3 aromatic rings. The van der Waals surface area contributed by atoms with Crippen molar-refractivity contribution in [3.63, 3.8) is 0 Å². The van der Waals surface area contributed by atoms with Crippen molar-refractivity contribution in [1.29, 1.82) is 0 Å². The van der Waals surface area contributed by atoms with E-state index in [4.69, 9.17) is 12.2 Å². The lowest BCUT2D eigenvalue weighted by Gasteiger charge is -2.43. The Balaban J connectivity index is 1.78. The Morgan fingerprint density at radius 1 is 1.07 bits per heavy atom. The topological polar surface area (TPSA) is 20.3 Å². The van der Waals surface area contributed by atoms with Gasteiger partial charge >= 0.3 is 0 Å². The zero-order valence-electron chi connectivity index (χ0n) is 15.6. The van der Waals surface area contributed by atoms with Crippen LogP contribution in [0.25, 0.3) is 11.1 Å². The summed E-state index contributed by atoms with van der Waals surface area (Å²) in [5.41, 5.74) is 5.17. The summed E-state index contributed by atoms with van der Waals surface area (Å²) in [5, 5.41) is 0. The molecule has 0 unspecified atom stereocenters. The van der Waals surface area contributed by atoms with Gasteiger partial charge in [0, 0.05) is 17.5 Å². The van der Waals surface area contributed by atoms with Gasteiger partial charge in [-0.2, -0.15) is 0 Å². The summed E-state index contributed by atoms with van der Waals surface area (Å²) < 4.78 is 0.923. The Bertz CT molecular complexity index is 1060. The van der Waals surface area contributed by atoms with Gasteiger partial charge in [-0.1, -0.05) is 81.4 Å². The monoisotopic (exact) mass is 411 g/mol. The van der Waals surface area contributed by atoms with Gasteiger partial charge in [-0.3, -0.25) is 4.79 Å². The average Bonchev–Trinajstić information content (AvgIpc) is 3.04. The molecule has 0 aliphatic carbocycles. The molecule has 1 aromatic heterocycles. The molecule has 0 atom stereocenters. The second-order valence-electron chi connectivity index (χ2n) is 7.40. The van der Waals surface area contributed by atoms with Gasteiger partial charge in [0.25, 0.3) is 0 Å². The molecule has 0 bridgehead atoms. The van der Waals surface area contributed by atoms with Crippen LogP contribution < -0.4 is 4.90 Å². The highest BCUT2D eigenvalue weighted by atomic mass is 32.9. The Hall–Kier alpha value is -1.82. The van der Waals surface area contributed by atoms with E-state index in [1.165, 1.54) is 10.4 Å². The zero-order chi connectivity index (χ0) is 19.2. The smallest absolute Gasteiger partial charge is 0.228 e. The molecule has 4 rings (SSSR count). The second kappa shape index (κ2) is 6.97. The molecule has 1 aliphatic heterocycles. The third-order valence-corrected chi connectivity index (χ3v) is 8.53. The number of hydrogen-bond acceptors (Lipinski definition) is 4. The van der Waals surface area contributed by atoms with Crippen LogP contribution in [0.2, 0.25) is 0 Å². The van der Waals surface area contributed by atoms with Crippen LogP contribution in [0.1, 0.15) is 36.3 Å². The first-order chi connectivity index (χ1) is 12.9. The normalized spacial score (nSPS) is 14.6. The summed E-state index contributed by atoms with van der Waals surface area (Å²) in [6.45, 7) is 6.36. The predicted molar refractivity (Wildman–Crippen MR) is 118 cm³/mol. The van der Waals surface area contributed by atoms with Crippen LogP contribution in [0.3, 0.4) is 0 Å². The summed E-state index contributed by atoms with van der Waals surface area (Å²) in [6, 6.07) is 16.4. The van der Waals surface area contributed by atoms with Crippen molar-refractivity contribution in [2.45, 2.75) is 39.2 Å². The molecular weight excluding hydrogens is 390 g/mol. The lowest BCUT2D eigenvalue weighted by atomic mass is 9.85. The maximum atomic E-state index is 13.4. The number of rotatable bonds is 3. The van der Waals surface area contributed by atoms with Gasteiger partial charge in [-0.25, -0.2) is 0 Å². The number of benzene rings is 2. The number of aryl methyl sites for hydroxylation is 2. The quantitative estimate of drug-likeness (QED) is 0.352. The van der Waals surface area contributed by atoms with Gasteiger partial charge in [0.15, 0.2) is 0 Å². The fraction of sp³-hybridized carbons (Fsp3) is 0.273. The molecule has 5 heteroatoms. The maximum absolute atomic E-state index is 13.4. The summed E-state index contributed by atoms with van der Waals surface area (Å²) >= 11 is 5.64. The minimum absolute atomic E-state index is 0.161. The van der Waals surface area contributed by atoms with Crippen molar-refractivity contribution in [2.24, 2.45) is 0 Å². The number of carbonyl (C=O) groups is 1. The Morgan fingerprint density at radius 3 is 2.56 bits per heavy atom. The van der Waals surface area contributed by atoms with Gasteiger partial charge < -0.3 is 4.90 Å². The highest BCUT2D eigenvalue weighted by molar-refractivity contribution is 7.80. The lowest BCUT2D eigenvalue weighted by molar-refractivity contribution is -0.119. The number of hydrogen-bond donors (Lipinski definition) is 0. The van der Waals surface area contributed by atoms with Gasteiger partial charge in [0.2, 0.25) is 5.91 Å². The van der Waals surface area contributed by atoms with E-state index in [-0.39, 0.29) is 5.91 Å². The second-order valence-corrected chi connectivity index (χ2v) is 10.2. The van der Waals surface area contributed by atoms with E-state index in [0.29, 0.717) is 6.42 Å². The standard InChI is InChI=1S/C22H21NOS3/c1-14-8-7-11-16-18-20(26-27-21(18)25)22(2,3)23(19(14)16)17(24)13-12-15-9-5-4-6-10-15/h4-11H,12-13H2,1-3H3. The van der Waals surface area contributed by atoms with Gasteiger partial charge in [0.1, 0.15) is 3.82 Å². The van der Waals surface area contributed by atoms with Crippen molar-refractivity contribution in [3.05, 3.63) is 68.4 Å². The van der Waals surface area contributed by atoms with Crippen molar-refractivity contribution in [3.8, 4) is 11.1 Å². The number of amides is 1. The lowest BCUT2D eigenvalue weighted by Crippen LogP contribution is -2.48. The van der Waals surface area contributed by atoms with Crippen LogP contribution in [-0.4, -0.2) is 5.91 Å². The molecule has 0 saturated heterocycles. The third kappa shape index (κ3) is 3.08. The number of nitrogens with zero attached hydrogens (tertiary/aromatic N) is 1. The summed E-state index contributed by atoms with van der Waals surface area (Å²) in [5.74, 6) is 0.161. The van der Waals surface area contributed by atoms with E-state index in [9.17, 15) is 4.79 Å². The summed E-state index contributed by atoms with van der Waals surface area (Å²) in [7, 11) is 3.34. The highest BCUT2D eigenvalue weighted by Gasteiger charge is 2.43. The molecule has 0 radical (unpaired) electrons. The molecule has 0 spiro atoms. The van der Waals surface area contributed by atoms with Crippen LogP contribution in [0, 0.1) is 10.7 Å². The van der Waals surface area contributed by atoms with Crippen molar-refractivity contribution >= 4 is 44.5 Å². The highest BCUT2D eigenvalue weighted by Crippen LogP contribution is 2.53. The van der Waals surface area contributed by atoms with Crippen LogP contribution in [0.15, 0.2) is 48.5 Å². The Morgan fingerprint density at radius 2 is 1.81 bits per heavy atom. The maximum Gasteiger partial charge on any atom is 0.228 e. The van der Waals surface area contributed by atoms with Crippen molar-refractivity contribution in [1.82, 2.24) is 0 Å². The number of fused-ring (bicyclic) bond motifs is 3. The molecule has 0 fully saturated rings.